The molecule has 0 saturated heterocycles. The van der Waals surface area contributed by atoms with Gasteiger partial charge in [0.2, 0.25) is 0 Å². The van der Waals surface area contributed by atoms with Crippen LogP contribution in [0.4, 0.5) is 0 Å². The first kappa shape index (κ1) is 16.0. The molecule has 0 aliphatic rings. The van der Waals surface area contributed by atoms with Crippen molar-refractivity contribution in [2.75, 3.05) is 0 Å². The van der Waals surface area contributed by atoms with Gasteiger partial charge in [-0.05, 0) is 52.9 Å². The normalized spacial score (nSPS) is 13.9. The van der Waals surface area contributed by atoms with Gasteiger partial charge in [-0.25, -0.2) is 0 Å². The van der Waals surface area contributed by atoms with E-state index < -0.39 is 12.0 Å². The Balaban J connectivity index is 2.79. The van der Waals surface area contributed by atoms with E-state index in [1.165, 1.54) is 0 Å². The molecule has 0 aliphatic heterocycles. The zero-order valence-electron chi connectivity index (χ0n) is 11.4. The van der Waals surface area contributed by atoms with Crippen LogP contribution in [0.2, 0.25) is 0 Å². The Bertz CT molecular complexity index is 437. The van der Waals surface area contributed by atoms with Crippen LogP contribution in [-0.4, -0.2) is 18.1 Å². The van der Waals surface area contributed by atoms with Gasteiger partial charge in [0.25, 0.3) is 5.91 Å². The number of halogens is 1. The standard InChI is InChI=1S/C14H21BrN2O2/c1-3-10(16)7-9-5-6-13(11(15)8-9)19-12(4-2)14(17)18/h5-6,8,10,12H,3-4,7,16H2,1-2H3,(H2,17,18). The van der Waals surface area contributed by atoms with E-state index in [0.717, 1.165) is 22.9 Å². The van der Waals surface area contributed by atoms with Gasteiger partial charge in [0, 0.05) is 6.04 Å². The predicted octanol–water partition coefficient (Wildman–Crippen LogP) is 2.37. The van der Waals surface area contributed by atoms with Crippen molar-refractivity contribution in [1.82, 2.24) is 0 Å². The molecule has 0 aliphatic carbocycles. The van der Waals surface area contributed by atoms with Crippen LogP contribution in [0.5, 0.6) is 5.75 Å². The highest BCUT2D eigenvalue weighted by Gasteiger charge is 2.16. The number of ether oxygens (including phenoxy) is 1. The van der Waals surface area contributed by atoms with Crippen LogP contribution in [0.3, 0.4) is 0 Å². The molecule has 4 N–H and O–H groups in total. The van der Waals surface area contributed by atoms with E-state index in [9.17, 15) is 4.79 Å². The van der Waals surface area contributed by atoms with Gasteiger partial charge in [-0.1, -0.05) is 19.9 Å². The number of rotatable bonds is 7. The first-order chi connectivity index (χ1) is 8.97. The van der Waals surface area contributed by atoms with E-state index >= 15 is 0 Å². The lowest BCUT2D eigenvalue weighted by molar-refractivity contribution is -0.124. The second-order valence-electron chi connectivity index (χ2n) is 4.55. The zero-order chi connectivity index (χ0) is 14.4. The van der Waals surface area contributed by atoms with Gasteiger partial charge in [-0.15, -0.1) is 0 Å². The molecule has 0 radical (unpaired) electrons. The molecule has 1 aromatic carbocycles. The molecule has 0 fully saturated rings. The number of carbonyl (C=O) groups is 1. The fourth-order valence-electron chi connectivity index (χ4n) is 1.71. The van der Waals surface area contributed by atoms with E-state index in [-0.39, 0.29) is 6.04 Å². The average Bonchev–Trinajstić information content (AvgIpc) is 2.37. The highest BCUT2D eigenvalue weighted by atomic mass is 79.9. The van der Waals surface area contributed by atoms with Crippen molar-refractivity contribution < 1.29 is 9.53 Å². The van der Waals surface area contributed by atoms with E-state index in [2.05, 4.69) is 22.9 Å². The summed E-state index contributed by atoms with van der Waals surface area (Å²) in [6.45, 7) is 3.92. The lowest BCUT2D eigenvalue weighted by Crippen LogP contribution is -2.33. The summed E-state index contributed by atoms with van der Waals surface area (Å²) in [7, 11) is 0. The maximum Gasteiger partial charge on any atom is 0.258 e. The number of nitrogens with two attached hydrogens (primary N) is 2. The lowest BCUT2D eigenvalue weighted by Gasteiger charge is -2.16. The Morgan fingerprint density at radius 1 is 1.37 bits per heavy atom. The Kier molecular flexibility index (Phi) is 6.31. The third kappa shape index (κ3) is 4.84. The highest BCUT2D eigenvalue weighted by Crippen LogP contribution is 2.27. The van der Waals surface area contributed by atoms with Crippen LogP contribution < -0.4 is 16.2 Å². The summed E-state index contributed by atoms with van der Waals surface area (Å²) >= 11 is 3.45. The number of carbonyl (C=O) groups excluding carboxylic acids is 1. The minimum absolute atomic E-state index is 0.160. The molecule has 1 rings (SSSR count). The summed E-state index contributed by atoms with van der Waals surface area (Å²) in [6.07, 6.45) is 1.71. The summed E-state index contributed by atoms with van der Waals surface area (Å²) in [4.78, 5) is 11.2. The second-order valence-corrected chi connectivity index (χ2v) is 5.41. The van der Waals surface area contributed by atoms with Crippen molar-refractivity contribution in [2.45, 2.75) is 45.3 Å². The molecule has 1 amide bonds. The molecule has 2 atom stereocenters. The van der Waals surface area contributed by atoms with E-state index in [4.69, 9.17) is 16.2 Å². The molecule has 0 aromatic heterocycles. The van der Waals surface area contributed by atoms with Gasteiger partial charge in [0.05, 0.1) is 4.47 Å². The smallest absolute Gasteiger partial charge is 0.258 e. The van der Waals surface area contributed by atoms with Crippen LogP contribution in [0.15, 0.2) is 22.7 Å². The lowest BCUT2D eigenvalue weighted by atomic mass is 10.0. The third-order valence-electron chi connectivity index (χ3n) is 2.98. The largest absolute Gasteiger partial charge is 0.479 e. The van der Waals surface area contributed by atoms with Gasteiger partial charge in [-0.3, -0.25) is 4.79 Å². The van der Waals surface area contributed by atoms with Crippen LogP contribution in [0.25, 0.3) is 0 Å². The van der Waals surface area contributed by atoms with Crippen molar-refractivity contribution >= 4 is 21.8 Å². The monoisotopic (exact) mass is 328 g/mol. The van der Waals surface area contributed by atoms with Gasteiger partial charge < -0.3 is 16.2 Å². The molecule has 0 bridgehead atoms. The quantitative estimate of drug-likeness (QED) is 0.806. The summed E-state index contributed by atoms with van der Waals surface area (Å²) in [5, 5.41) is 0. The van der Waals surface area contributed by atoms with Gasteiger partial charge in [-0.2, -0.15) is 0 Å². The van der Waals surface area contributed by atoms with Crippen molar-refractivity contribution in [1.29, 1.82) is 0 Å². The topological polar surface area (TPSA) is 78.3 Å². The summed E-state index contributed by atoms with van der Waals surface area (Å²) < 4.78 is 6.40. The summed E-state index contributed by atoms with van der Waals surface area (Å²) in [6, 6.07) is 5.93. The first-order valence-electron chi connectivity index (χ1n) is 6.47. The zero-order valence-corrected chi connectivity index (χ0v) is 12.9. The Hall–Kier alpha value is -1.07. The SMILES string of the molecule is CCC(N)Cc1ccc(OC(CC)C(N)=O)c(Br)c1. The van der Waals surface area contributed by atoms with Gasteiger partial charge >= 0.3 is 0 Å². The van der Waals surface area contributed by atoms with Crippen molar-refractivity contribution in [3.63, 3.8) is 0 Å². The van der Waals surface area contributed by atoms with Gasteiger partial charge in [0.15, 0.2) is 6.10 Å². The molecule has 0 saturated carbocycles. The summed E-state index contributed by atoms with van der Waals surface area (Å²) in [5.41, 5.74) is 12.3. The van der Waals surface area contributed by atoms with Crippen molar-refractivity contribution in [2.24, 2.45) is 11.5 Å². The van der Waals surface area contributed by atoms with Crippen molar-refractivity contribution in [3.8, 4) is 5.75 Å². The minimum Gasteiger partial charge on any atom is -0.479 e. The number of benzene rings is 1. The fourth-order valence-corrected chi connectivity index (χ4v) is 2.23. The Labute approximate surface area is 122 Å². The molecule has 0 heterocycles. The van der Waals surface area contributed by atoms with Crippen LogP contribution in [0, 0.1) is 0 Å². The summed E-state index contributed by atoms with van der Waals surface area (Å²) in [5.74, 6) is 0.172. The fraction of sp³-hybridized carbons (Fsp3) is 0.500. The van der Waals surface area contributed by atoms with E-state index in [0.29, 0.717) is 12.2 Å². The number of hydrogen-bond donors (Lipinski definition) is 2. The number of primary amides is 1. The molecule has 19 heavy (non-hydrogen) atoms. The maximum atomic E-state index is 11.2. The predicted molar refractivity (Wildman–Crippen MR) is 80.0 cm³/mol. The average molecular weight is 329 g/mol. The van der Waals surface area contributed by atoms with Crippen molar-refractivity contribution in [3.05, 3.63) is 28.2 Å². The van der Waals surface area contributed by atoms with Gasteiger partial charge in [0.1, 0.15) is 5.75 Å². The minimum atomic E-state index is -0.597. The molecular weight excluding hydrogens is 308 g/mol. The van der Waals surface area contributed by atoms with Crippen LogP contribution in [-0.2, 0) is 11.2 Å². The molecule has 106 valence electrons. The number of amides is 1. The Morgan fingerprint density at radius 2 is 2.05 bits per heavy atom. The molecule has 5 heteroatoms. The molecule has 1 aromatic rings. The number of hydrogen-bond acceptors (Lipinski definition) is 3. The molecule has 4 nitrogen and oxygen atoms in total. The third-order valence-corrected chi connectivity index (χ3v) is 3.60. The molecular formula is C14H21BrN2O2. The highest BCUT2D eigenvalue weighted by molar-refractivity contribution is 9.10. The van der Waals surface area contributed by atoms with Crippen LogP contribution in [0.1, 0.15) is 32.3 Å². The maximum absolute atomic E-state index is 11.2. The molecule has 2 unspecified atom stereocenters. The first-order valence-corrected chi connectivity index (χ1v) is 7.27. The van der Waals surface area contributed by atoms with E-state index in [1.54, 1.807) is 0 Å². The molecule has 0 spiro atoms. The Morgan fingerprint density at radius 3 is 2.53 bits per heavy atom. The van der Waals surface area contributed by atoms with E-state index in [1.807, 2.05) is 25.1 Å². The van der Waals surface area contributed by atoms with Crippen LogP contribution >= 0.6 is 15.9 Å². The second kappa shape index (κ2) is 7.50.